The number of likely N-dealkylation sites (tertiary alicyclic amines) is 1. The van der Waals surface area contributed by atoms with Crippen LogP contribution >= 0.6 is 0 Å². The van der Waals surface area contributed by atoms with Gasteiger partial charge in [-0.05, 0) is 6.07 Å². The van der Waals surface area contributed by atoms with Crippen molar-refractivity contribution in [2.45, 2.75) is 12.8 Å². The normalized spacial score (nSPS) is 17.6. The first kappa shape index (κ1) is 20.8. The number of hydrogen-bond acceptors (Lipinski definition) is 5. The Bertz CT molecular complexity index is 834. The van der Waals surface area contributed by atoms with Crippen molar-refractivity contribution < 1.29 is 24.0 Å². The largest absolute Gasteiger partial charge is 0.311 e. The number of carbonyl (C=O) groups is 5. The van der Waals surface area contributed by atoms with Crippen LogP contribution in [-0.2, 0) is 19.2 Å². The van der Waals surface area contributed by atoms with E-state index >= 15 is 0 Å². The number of amides is 5. The summed E-state index contributed by atoms with van der Waals surface area (Å²) in [6.07, 6.45) is 3.30. The quantitative estimate of drug-likeness (QED) is 0.624. The highest BCUT2D eigenvalue weighted by Gasteiger charge is 2.27. The minimum absolute atomic E-state index is 0.0376. The molecule has 3 aliphatic heterocycles. The van der Waals surface area contributed by atoms with Gasteiger partial charge in [-0.2, -0.15) is 0 Å². The van der Waals surface area contributed by atoms with Gasteiger partial charge >= 0.3 is 0 Å². The number of imide groups is 2. The maximum atomic E-state index is 11.5. The first-order valence-corrected chi connectivity index (χ1v) is 8.50. The maximum Gasteiger partial charge on any atom is 0.258 e. The average molecular weight is 383 g/mol. The average Bonchev–Trinajstić information content (AvgIpc) is 3.24. The van der Waals surface area contributed by atoms with Gasteiger partial charge in [0.15, 0.2) is 0 Å². The van der Waals surface area contributed by atoms with Crippen molar-refractivity contribution in [3.8, 4) is 0 Å². The topological polar surface area (TPSA) is 95.1 Å². The van der Waals surface area contributed by atoms with E-state index in [1.807, 2.05) is 24.3 Å². The van der Waals surface area contributed by atoms with E-state index in [9.17, 15) is 24.0 Å². The highest BCUT2D eigenvalue weighted by molar-refractivity contribution is 6.12. The Hall–Kier alpha value is -3.55. The summed E-state index contributed by atoms with van der Waals surface area (Å²) in [6.45, 7) is 3.83. The fraction of sp³-hybridized carbons (Fsp3) is 0.250. The van der Waals surface area contributed by atoms with Crippen LogP contribution in [0.15, 0.2) is 43.0 Å². The van der Waals surface area contributed by atoms with Gasteiger partial charge in [-0.3, -0.25) is 33.8 Å². The Balaban J connectivity index is 0.000000156. The molecule has 4 rings (SSSR count). The molecule has 5 amide bonds. The van der Waals surface area contributed by atoms with Gasteiger partial charge < -0.3 is 4.90 Å². The van der Waals surface area contributed by atoms with Gasteiger partial charge in [0.1, 0.15) is 0 Å². The number of benzene rings is 1. The molecule has 1 fully saturated rings. The molecule has 0 radical (unpaired) electrons. The van der Waals surface area contributed by atoms with Crippen LogP contribution in [0.25, 0.3) is 5.70 Å². The van der Waals surface area contributed by atoms with Crippen LogP contribution in [0.3, 0.4) is 0 Å². The van der Waals surface area contributed by atoms with E-state index in [-0.39, 0.29) is 29.5 Å². The van der Waals surface area contributed by atoms with E-state index in [1.54, 1.807) is 11.9 Å². The van der Waals surface area contributed by atoms with Crippen molar-refractivity contribution in [1.82, 2.24) is 14.7 Å². The first-order valence-electron chi connectivity index (χ1n) is 8.50. The van der Waals surface area contributed by atoms with Gasteiger partial charge in [-0.15, -0.1) is 0 Å². The zero-order valence-corrected chi connectivity index (χ0v) is 16.0. The fourth-order valence-corrected chi connectivity index (χ4v) is 2.57. The van der Waals surface area contributed by atoms with Crippen molar-refractivity contribution >= 4 is 35.2 Å². The number of carbonyl (C=O) groups excluding carboxylic acids is 5. The molecule has 1 aromatic carbocycles. The Morgan fingerprint density at radius 2 is 1.18 bits per heavy atom. The third-order valence-corrected chi connectivity index (χ3v) is 4.51. The molecule has 28 heavy (non-hydrogen) atoms. The van der Waals surface area contributed by atoms with Crippen LogP contribution in [0.4, 0.5) is 0 Å². The Kier molecular flexibility index (Phi) is 6.25. The third-order valence-electron chi connectivity index (χ3n) is 4.51. The molecule has 0 aromatic heterocycles. The standard InChI is InChI=1S/C10H9NO.C5H7NO2.C5H5NO2/c1-7-8-5-3-4-6-9(8)10(12)11(7)2;2*1-6-4(7)2-3-5(6)8/h3-6H,1H2,2H3;2-3H2,1H3;2-3H,1H3. The Morgan fingerprint density at radius 3 is 1.50 bits per heavy atom. The highest BCUT2D eigenvalue weighted by Crippen LogP contribution is 2.29. The number of rotatable bonds is 0. The lowest BCUT2D eigenvalue weighted by Gasteiger charge is -2.07. The summed E-state index contributed by atoms with van der Waals surface area (Å²) >= 11 is 0. The molecule has 146 valence electrons. The second-order valence-corrected chi connectivity index (χ2v) is 6.27. The van der Waals surface area contributed by atoms with Crippen LogP contribution < -0.4 is 0 Å². The fourth-order valence-electron chi connectivity index (χ4n) is 2.57. The second-order valence-electron chi connectivity index (χ2n) is 6.27. The smallest absolute Gasteiger partial charge is 0.258 e. The molecule has 0 aliphatic carbocycles. The minimum atomic E-state index is -0.241. The van der Waals surface area contributed by atoms with Gasteiger partial charge in [0.25, 0.3) is 17.7 Å². The Morgan fingerprint density at radius 1 is 0.714 bits per heavy atom. The number of fused-ring (bicyclic) bond motifs is 1. The van der Waals surface area contributed by atoms with Crippen LogP contribution in [-0.4, -0.2) is 65.4 Å². The SMILES string of the molecule is C=C1c2ccccc2C(=O)N1C.CN1C(=O)C=CC1=O.CN1C(=O)CCC1=O. The molecule has 8 heteroatoms. The van der Waals surface area contributed by atoms with Gasteiger partial charge in [0, 0.05) is 63.0 Å². The number of hydrogen-bond donors (Lipinski definition) is 0. The van der Waals surface area contributed by atoms with Crippen molar-refractivity contribution in [3.05, 3.63) is 54.1 Å². The molecule has 0 bridgehead atoms. The van der Waals surface area contributed by atoms with Crippen LogP contribution in [0.2, 0.25) is 0 Å². The molecule has 0 atom stereocenters. The third kappa shape index (κ3) is 4.22. The Labute approximate surface area is 162 Å². The molecule has 3 heterocycles. The highest BCUT2D eigenvalue weighted by atomic mass is 16.2. The zero-order valence-electron chi connectivity index (χ0n) is 16.0. The summed E-state index contributed by atoms with van der Waals surface area (Å²) < 4.78 is 0. The molecule has 8 nitrogen and oxygen atoms in total. The predicted octanol–water partition coefficient (Wildman–Crippen LogP) is 1.05. The van der Waals surface area contributed by atoms with Crippen molar-refractivity contribution in [2.24, 2.45) is 0 Å². The summed E-state index contributed by atoms with van der Waals surface area (Å²) in [6, 6.07) is 7.52. The summed E-state index contributed by atoms with van der Waals surface area (Å²) in [5.74, 6) is -0.564. The van der Waals surface area contributed by atoms with Gasteiger partial charge in [-0.1, -0.05) is 24.8 Å². The van der Waals surface area contributed by atoms with E-state index in [2.05, 4.69) is 6.58 Å². The number of likely N-dealkylation sites (N-methyl/N-ethyl adjacent to an activating group) is 1. The van der Waals surface area contributed by atoms with Gasteiger partial charge in [0.05, 0.1) is 0 Å². The first-order chi connectivity index (χ1) is 13.1. The van der Waals surface area contributed by atoms with E-state index in [0.29, 0.717) is 12.8 Å². The molecule has 0 N–H and O–H groups in total. The molecule has 3 aliphatic rings. The van der Waals surface area contributed by atoms with Gasteiger partial charge in [0.2, 0.25) is 11.8 Å². The van der Waals surface area contributed by atoms with Crippen LogP contribution in [0.5, 0.6) is 0 Å². The summed E-state index contributed by atoms with van der Waals surface area (Å²) in [5, 5.41) is 0. The molecule has 1 saturated heterocycles. The zero-order chi connectivity index (χ0) is 21.0. The lowest BCUT2D eigenvalue weighted by Crippen LogP contribution is -2.24. The van der Waals surface area contributed by atoms with Crippen LogP contribution in [0.1, 0.15) is 28.8 Å². The molecular weight excluding hydrogens is 362 g/mol. The molecular formula is C20H21N3O5. The van der Waals surface area contributed by atoms with Crippen molar-refractivity contribution in [2.75, 3.05) is 21.1 Å². The summed E-state index contributed by atoms with van der Waals surface area (Å²) in [4.78, 5) is 57.1. The molecule has 1 aromatic rings. The van der Waals surface area contributed by atoms with Crippen molar-refractivity contribution in [1.29, 1.82) is 0 Å². The molecule has 0 spiro atoms. The monoisotopic (exact) mass is 383 g/mol. The van der Waals surface area contributed by atoms with E-state index in [4.69, 9.17) is 0 Å². The summed E-state index contributed by atoms with van der Waals surface area (Å²) in [7, 11) is 4.70. The second kappa shape index (κ2) is 8.43. The van der Waals surface area contributed by atoms with E-state index in [1.165, 1.54) is 31.1 Å². The van der Waals surface area contributed by atoms with E-state index in [0.717, 1.165) is 21.7 Å². The molecule has 0 saturated carbocycles. The lowest BCUT2D eigenvalue weighted by atomic mass is 10.1. The maximum absolute atomic E-state index is 11.5. The van der Waals surface area contributed by atoms with E-state index < -0.39 is 0 Å². The number of nitrogens with zero attached hydrogens (tertiary/aromatic N) is 3. The van der Waals surface area contributed by atoms with Crippen LogP contribution in [0, 0.1) is 0 Å². The minimum Gasteiger partial charge on any atom is -0.311 e. The lowest BCUT2D eigenvalue weighted by molar-refractivity contribution is -0.137. The summed E-state index contributed by atoms with van der Waals surface area (Å²) in [5.41, 5.74) is 2.49. The van der Waals surface area contributed by atoms with Crippen molar-refractivity contribution in [3.63, 3.8) is 0 Å². The predicted molar refractivity (Wildman–Crippen MR) is 101 cm³/mol. The van der Waals surface area contributed by atoms with Gasteiger partial charge in [-0.25, -0.2) is 0 Å². The molecule has 0 unspecified atom stereocenters.